The summed E-state index contributed by atoms with van der Waals surface area (Å²) in [4.78, 5) is 75.4. The number of fused-ring (bicyclic) bond motifs is 3. The fourth-order valence-corrected chi connectivity index (χ4v) is 9.80. The van der Waals surface area contributed by atoms with Crippen molar-refractivity contribution in [3.8, 4) is 17.6 Å². The Morgan fingerprint density at radius 3 is 2.09 bits per heavy atom. The number of nitro groups is 1. The highest BCUT2D eigenvalue weighted by Gasteiger charge is 2.75. The number of hydrogen-bond donors (Lipinski definition) is 2. The molecule has 0 bridgehead atoms. The second kappa shape index (κ2) is 17.8. The van der Waals surface area contributed by atoms with Gasteiger partial charge in [0.05, 0.1) is 35.2 Å². The summed E-state index contributed by atoms with van der Waals surface area (Å²) in [5.74, 6) is 2.05. The largest absolute Gasteiger partial charge is 0.508 e. The van der Waals surface area contributed by atoms with Crippen LogP contribution in [0.4, 0.5) is 16.2 Å². The predicted molar refractivity (Wildman–Crippen MR) is 242 cm³/mol. The molecule has 3 heterocycles. The van der Waals surface area contributed by atoms with Gasteiger partial charge < -0.3 is 20.3 Å². The molecule has 3 amide bonds. The third-order valence-electron chi connectivity index (χ3n) is 12.5. The molecule has 3 aliphatic rings. The van der Waals surface area contributed by atoms with E-state index in [2.05, 4.69) is 11.8 Å². The minimum atomic E-state index is -2.10. The number of anilines is 1. The number of ether oxygens (including phenoxy) is 2. The Kier molecular flexibility index (Phi) is 11.6. The molecule has 0 saturated carbocycles. The van der Waals surface area contributed by atoms with Gasteiger partial charge in [0, 0.05) is 24.2 Å². The molecule has 0 radical (unpaired) electrons. The number of morpholine rings is 1. The van der Waals surface area contributed by atoms with E-state index < -0.39 is 64.4 Å². The van der Waals surface area contributed by atoms with Crippen LogP contribution in [0.5, 0.6) is 5.75 Å². The number of nitrogens with two attached hydrogens (primary N) is 1. The van der Waals surface area contributed by atoms with Crippen molar-refractivity contribution in [2.24, 2.45) is 11.7 Å². The number of esters is 1. The van der Waals surface area contributed by atoms with Gasteiger partial charge in [-0.05, 0) is 82.9 Å². The molecule has 9 rings (SSSR count). The molecule has 0 unspecified atom stereocenters. The Hall–Kier alpha value is -8.12. The van der Waals surface area contributed by atoms with Gasteiger partial charge in [-0.1, -0.05) is 115 Å². The molecule has 330 valence electrons. The molecule has 14 nitrogen and oxygen atoms in total. The fourth-order valence-electron chi connectivity index (χ4n) is 9.80. The lowest BCUT2D eigenvalue weighted by molar-refractivity contribution is -0.384. The van der Waals surface area contributed by atoms with Gasteiger partial charge in [-0.2, -0.15) is 0 Å². The van der Waals surface area contributed by atoms with Crippen molar-refractivity contribution in [2.45, 2.75) is 42.8 Å². The zero-order valence-electron chi connectivity index (χ0n) is 35.6. The van der Waals surface area contributed by atoms with Crippen molar-refractivity contribution in [2.75, 3.05) is 18.5 Å². The number of hydrogen-bond acceptors (Lipinski definition) is 11. The summed E-state index contributed by atoms with van der Waals surface area (Å²) < 4.78 is 12.2. The van der Waals surface area contributed by atoms with Gasteiger partial charge in [0.2, 0.25) is 11.8 Å². The number of imide groups is 1. The van der Waals surface area contributed by atoms with Crippen LogP contribution < -0.4 is 10.6 Å². The van der Waals surface area contributed by atoms with Crippen molar-refractivity contribution in [1.29, 1.82) is 0 Å². The van der Waals surface area contributed by atoms with Gasteiger partial charge in [-0.15, -0.1) is 0 Å². The van der Waals surface area contributed by atoms with E-state index in [0.29, 0.717) is 40.9 Å². The van der Waals surface area contributed by atoms with E-state index in [1.807, 2.05) is 108 Å². The molecule has 3 N–H and O–H groups in total. The van der Waals surface area contributed by atoms with Crippen LogP contribution in [0.2, 0.25) is 0 Å². The summed E-state index contributed by atoms with van der Waals surface area (Å²) in [6.07, 6.45) is -2.04. The van der Waals surface area contributed by atoms with Gasteiger partial charge in [-0.3, -0.25) is 34.3 Å². The first-order valence-electron chi connectivity index (χ1n) is 21.2. The summed E-state index contributed by atoms with van der Waals surface area (Å²) in [6, 6.07) is 41.4. The number of carbonyl (C=O) groups is 4. The summed E-state index contributed by atoms with van der Waals surface area (Å²) in [7, 11) is 1.94. The quantitative estimate of drug-likeness (QED) is 0.0610. The molecular formula is C52H43N5O9. The van der Waals surface area contributed by atoms with E-state index >= 15 is 4.79 Å². The molecule has 6 atom stereocenters. The van der Waals surface area contributed by atoms with Crippen LogP contribution in [0.1, 0.15) is 57.1 Å². The smallest absolute Gasteiger partial charge is 0.421 e. The van der Waals surface area contributed by atoms with E-state index in [1.54, 1.807) is 30.3 Å². The number of rotatable bonds is 10. The molecule has 2 saturated heterocycles. The van der Waals surface area contributed by atoms with Crippen molar-refractivity contribution in [3.05, 3.63) is 207 Å². The molecule has 66 heavy (non-hydrogen) atoms. The second-order valence-corrected chi connectivity index (χ2v) is 16.6. The van der Waals surface area contributed by atoms with Gasteiger partial charge in [0.25, 0.3) is 5.69 Å². The molecule has 0 aromatic heterocycles. The number of primary amides is 1. The third-order valence-corrected chi connectivity index (χ3v) is 12.5. The maximum Gasteiger partial charge on any atom is 0.421 e. The van der Waals surface area contributed by atoms with Gasteiger partial charge >= 0.3 is 12.1 Å². The third kappa shape index (κ3) is 7.70. The summed E-state index contributed by atoms with van der Waals surface area (Å²) in [5, 5.41) is 21.9. The van der Waals surface area contributed by atoms with Crippen LogP contribution in [0.3, 0.4) is 0 Å². The van der Waals surface area contributed by atoms with E-state index in [4.69, 9.17) is 15.2 Å². The van der Waals surface area contributed by atoms with Crippen molar-refractivity contribution >= 4 is 35.3 Å². The highest BCUT2D eigenvalue weighted by molar-refractivity contribution is 6.23. The van der Waals surface area contributed by atoms with E-state index in [1.165, 1.54) is 36.4 Å². The highest BCUT2D eigenvalue weighted by atomic mass is 16.6. The molecule has 2 fully saturated rings. The highest BCUT2D eigenvalue weighted by Crippen LogP contribution is 2.65. The molecule has 6 aromatic rings. The summed E-state index contributed by atoms with van der Waals surface area (Å²) in [6.45, 7) is 0.654. The average molecular weight is 882 g/mol. The average Bonchev–Trinajstić information content (AvgIpc) is 3.78. The number of cyclic esters (lactones) is 1. The topological polar surface area (TPSA) is 186 Å². The lowest BCUT2D eigenvalue weighted by Crippen LogP contribution is -2.55. The number of carbonyl (C=O) groups excluding carboxylic acids is 4. The van der Waals surface area contributed by atoms with E-state index in [0.717, 1.165) is 10.5 Å². The van der Waals surface area contributed by atoms with Crippen molar-refractivity contribution in [1.82, 2.24) is 9.80 Å². The molecule has 0 aliphatic carbocycles. The Bertz CT molecular complexity index is 2890. The minimum absolute atomic E-state index is 0.0713. The Morgan fingerprint density at radius 2 is 1.45 bits per heavy atom. The van der Waals surface area contributed by atoms with Crippen LogP contribution in [-0.2, 0) is 42.4 Å². The molecule has 6 aromatic carbocycles. The number of non-ortho nitro benzene ring substituents is 1. The number of aromatic hydroxyl groups is 1. The van der Waals surface area contributed by atoms with E-state index in [9.17, 15) is 29.6 Å². The molecule has 1 spiro atoms. The number of nitrogens with zero attached hydrogens (tertiary/aromatic N) is 4. The lowest BCUT2D eigenvalue weighted by atomic mass is 9.65. The van der Waals surface area contributed by atoms with Gasteiger partial charge in [-0.25, -0.2) is 9.69 Å². The Labute approximate surface area is 379 Å². The van der Waals surface area contributed by atoms with Crippen molar-refractivity contribution < 1.29 is 38.7 Å². The monoisotopic (exact) mass is 881 g/mol. The number of phenolic OH excluding ortho intramolecular Hbond substituents is 1. The van der Waals surface area contributed by atoms with Crippen LogP contribution in [0, 0.1) is 27.9 Å². The van der Waals surface area contributed by atoms with Crippen LogP contribution in [0.15, 0.2) is 158 Å². The fraction of sp³-hybridized carbons (Fsp3) is 0.192. The normalized spacial score (nSPS) is 22.0. The second-order valence-electron chi connectivity index (χ2n) is 16.6. The molecular weight excluding hydrogens is 839 g/mol. The number of benzene rings is 6. The number of nitro benzene ring substituents is 1. The Morgan fingerprint density at radius 1 is 0.818 bits per heavy atom. The zero-order valence-corrected chi connectivity index (χ0v) is 35.6. The van der Waals surface area contributed by atoms with Crippen LogP contribution in [-0.4, -0.2) is 63.3 Å². The molecule has 3 aliphatic heterocycles. The molecule has 14 heteroatoms. The maximum atomic E-state index is 16.0. The lowest BCUT2D eigenvalue weighted by Gasteiger charge is -2.46. The number of amides is 3. The van der Waals surface area contributed by atoms with Gasteiger partial charge in [0.1, 0.15) is 29.9 Å². The first-order valence-corrected chi connectivity index (χ1v) is 21.2. The maximum absolute atomic E-state index is 16.0. The summed E-state index contributed by atoms with van der Waals surface area (Å²) >= 11 is 0. The standard InChI is InChI=1S/C52H43N5O9/c1-54(31-34-12-5-2-6-13-34)29-11-14-33-21-28-42-41(30-33)52(50(61)55(42)51(62)65-32-35-19-24-39(25-20-35)57(63)64)43(48(53)59)45-49(60)66-46(37-17-9-4-10-18-37)44(36-15-7-3-8-16-36)56(45)47(52)38-22-26-40(58)27-23-38/h2-10,12-13,15-28,30,43-47,58H,29,31-32H2,1H3,(H2,53,59)/t43-,44-,45-,46+,47+,52-/m0/s1. The van der Waals surface area contributed by atoms with Crippen LogP contribution in [0.25, 0.3) is 0 Å². The Balaban J connectivity index is 1.23. The first kappa shape index (κ1) is 43.1. The van der Waals surface area contributed by atoms with Gasteiger partial charge in [0.15, 0.2) is 0 Å². The van der Waals surface area contributed by atoms with Crippen molar-refractivity contribution in [3.63, 3.8) is 0 Å². The first-order chi connectivity index (χ1) is 32.0. The minimum Gasteiger partial charge on any atom is -0.508 e. The van der Waals surface area contributed by atoms with Crippen LogP contribution >= 0.6 is 0 Å². The zero-order chi connectivity index (χ0) is 46.1. The number of phenols is 1. The predicted octanol–water partition coefficient (Wildman–Crippen LogP) is 7.27. The van der Waals surface area contributed by atoms with E-state index in [-0.39, 0.29) is 29.3 Å². The SMILES string of the molecule is CN(CC#Cc1ccc2c(c1)[C@]1(C(=O)N2C(=O)OCc2ccc([N+](=O)[O-])cc2)[C@H](C(N)=O)[C@H]2C(=O)O[C@H](c3ccccc3)[C@H](c3ccccc3)N2[C@@H]1c1ccc(O)cc1)Cc1ccccc1. The summed E-state index contributed by atoms with van der Waals surface area (Å²) in [5.41, 5.74) is 8.26.